The highest BCUT2D eigenvalue weighted by Crippen LogP contribution is 2.41. The van der Waals surface area contributed by atoms with Crippen LogP contribution in [0.5, 0.6) is 5.75 Å². The molecule has 31 heavy (non-hydrogen) atoms. The summed E-state index contributed by atoms with van der Waals surface area (Å²) < 4.78 is 5.22. The number of hydrogen-bond donors (Lipinski definition) is 1. The number of hydrogen-bond acceptors (Lipinski definition) is 5. The van der Waals surface area contributed by atoms with Gasteiger partial charge in [-0.3, -0.25) is 9.59 Å². The van der Waals surface area contributed by atoms with Crippen molar-refractivity contribution >= 4 is 40.7 Å². The summed E-state index contributed by atoms with van der Waals surface area (Å²) in [4.78, 5) is 29.3. The van der Waals surface area contributed by atoms with Crippen LogP contribution in [0.4, 0.5) is 0 Å². The Hall–Kier alpha value is -2.54. The number of benzene rings is 2. The molecule has 0 spiro atoms. The predicted molar refractivity (Wildman–Crippen MR) is 122 cm³/mol. The minimum Gasteiger partial charge on any atom is -0.507 e. The van der Waals surface area contributed by atoms with Gasteiger partial charge in [-0.15, -0.1) is 0 Å². The topological polar surface area (TPSA) is 70.1 Å². The van der Waals surface area contributed by atoms with E-state index < -0.39 is 17.7 Å². The Morgan fingerprint density at radius 2 is 1.84 bits per heavy atom. The zero-order valence-corrected chi connectivity index (χ0v) is 19.3. The minimum absolute atomic E-state index is 0.0235. The second kappa shape index (κ2) is 9.30. The van der Waals surface area contributed by atoms with Crippen molar-refractivity contribution < 1.29 is 19.4 Å². The van der Waals surface area contributed by atoms with E-state index in [1.54, 1.807) is 50.4 Å². The van der Waals surface area contributed by atoms with Gasteiger partial charge in [0.1, 0.15) is 11.5 Å². The number of carbonyl (C=O) groups is 2. The maximum absolute atomic E-state index is 13.0. The van der Waals surface area contributed by atoms with Crippen molar-refractivity contribution in [2.24, 2.45) is 0 Å². The quantitative estimate of drug-likeness (QED) is 0.393. The van der Waals surface area contributed by atoms with Gasteiger partial charge >= 0.3 is 0 Å². The molecule has 1 unspecified atom stereocenters. The molecule has 6 nitrogen and oxygen atoms in total. The first-order valence-corrected chi connectivity index (χ1v) is 10.4. The first-order valence-electron chi connectivity index (χ1n) is 9.68. The van der Waals surface area contributed by atoms with Crippen LogP contribution >= 0.6 is 23.2 Å². The zero-order chi connectivity index (χ0) is 22.9. The number of aryl methyl sites for hydroxylation is 1. The molecule has 0 saturated carbocycles. The first-order chi connectivity index (χ1) is 14.6. The van der Waals surface area contributed by atoms with Crippen molar-refractivity contribution in [1.29, 1.82) is 0 Å². The van der Waals surface area contributed by atoms with E-state index in [9.17, 15) is 14.7 Å². The van der Waals surface area contributed by atoms with Gasteiger partial charge in [-0.1, -0.05) is 29.3 Å². The third kappa shape index (κ3) is 4.56. The summed E-state index contributed by atoms with van der Waals surface area (Å²) in [5, 5.41) is 11.8. The summed E-state index contributed by atoms with van der Waals surface area (Å²) in [7, 11) is 5.31. The van der Waals surface area contributed by atoms with Gasteiger partial charge in [0.2, 0.25) is 0 Å². The smallest absolute Gasteiger partial charge is 0.295 e. The first kappa shape index (κ1) is 23.1. The van der Waals surface area contributed by atoms with Crippen LogP contribution < -0.4 is 4.74 Å². The van der Waals surface area contributed by atoms with E-state index in [0.717, 1.165) is 0 Å². The molecule has 1 saturated heterocycles. The third-order valence-corrected chi connectivity index (χ3v) is 6.02. The van der Waals surface area contributed by atoms with E-state index in [0.29, 0.717) is 45.6 Å². The lowest BCUT2D eigenvalue weighted by atomic mass is 9.94. The van der Waals surface area contributed by atoms with Gasteiger partial charge in [0.25, 0.3) is 11.7 Å². The Labute approximate surface area is 191 Å². The molecule has 2 aromatic carbocycles. The van der Waals surface area contributed by atoms with E-state index in [1.807, 2.05) is 19.0 Å². The van der Waals surface area contributed by atoms with Crippen molar-refractivity contribution in [2.75, 3.05) is 34.3 Å². The molecule has 0 aromatic heterocycles. The van der Waals surface area contributed by atoms with E-state index in [4.69, 9.17) is 27.9 Å². The third-order valence-electron chi connectivity index (χ3n) is 5.28. The molecule has 1 amide bonds. The largest absolute Gasteiger partial charge is 0.507 e. The maximum atomic E-state index is 13.0. The van der Waals surface area contributed by atoms with Gasteiger partial charge in [0, 0.05) is 18.7 Å². The van der Waals surface area contributed by atoms with Crippen molar-refractivity contribution in [3.05, 3.63) is 68.7 Å². The second-order valence-corrected chi connectivity index (χ2v) is 8.46. The molecule has 0 aliphatic carbocycles. The van der Waals surface area contributed by atoms with Gasteiger partial charge < -0.3 is 19.6 Å². The molecule has 3 rings (SSSR count). The van der Waals surface area contributed by atoms with Crippen LogP contribution in [0.1, 0.15) is 22.7 Å². The Morgan fingerprint density at radius 3 is 2.42 bits per heavy atom. The van der Waals surface area contributed by atoms with Crippen LogP contribution in [0.3, 0.4) is 0 Å². The Balaban J connectivity index is 2.19. The number of ether oxygens (including phenoxy) is 1. The summed E-state index contributed by atoms with van der Waals surface area (Å²) >= 11 is 12.3. The molecular formula is C23H24Cl2N2O4. The van der Waals surface area contributed by atoms with Crippen molar-refractivity contribution in [2.45, 2.75) is 13.0 Å². The normalized spacial score (nSPS) is 18.2. The summed E-state index contributed by atoms with van der Waals surface area (Å²) in [6.07, 6.45) is 0. The number of Topliss-reactive ketones (excluding diaryl/α,β-unsaturated/α-hetero) is 1. The van der Waals surface area contributed by atoms with Crippen LogP contribution in [0, 0.1) is 6.92 Å². The summed E-state index contributed by atoms with van der Waals surface area (Å²) in [6, 6.07) is 9.28. The molecule has 1 aliphatic heterocycles. The monoisotopic (exact) mass is 462 g/mol. The number of amides is 1. The number of aliphatic hydroxyl groups excluding tert-OH is 1. The van der Waals surface area contributed by atoms with Crippen LogP contribution in [0.25, 0.3) is 5.76 Å². The number of likely N-dealkylation sites (N-methyl/N-ethyl adjacent to an activating group) is 1. The predicted octanol–water partition coefficient (Wildman–Crippen LogP) is 4.29. The summed E-state index contributed by atoms with van der Waals surface area (Å²) in [5.74, 6) is -1.00. The molecular weight excluding hydrogens is 439 g/mol. The number of ketones is 1. The van der Waals surface area contributed by atoms with Gasteiger partial charge in [0.15, 0.2) is 0 Å². The minimum atomic E-state index is -0.781. The molecule has 1 heterocycles. The number of likely N-dealkylation sites (tertiary alicyclic amines) is 1. The van der Waals surface area contributed by atoms with Crippen LogP contribution in [-0.4, -0.2) is 60.9 Å². The molecule has 1 atom stereocenters. The molecule has 1 aliphatic rings. The molecule has 2 aromatic rings. The molecule has 1 fully saturated rings. The van der Waals surface area contributed by atoms with E-state index in [-0.39, 0.29) is 11.3 Å². The number of halogens is 2. The molecule has 8 heteroatoms. The molecule has 0 radical (unpaired) electrons. The Kier molecular flexibility index (Phi) is 6.94. The van der Waals surface area contributed by atoms with Crippen LogP contribution in [0.2, 0.25) is 10.0 Å². The standard InChI is InChI=1S/C23H24Cl2N2O4/c1-13-11-15(31-4)6-7-16(13)21(28)19-20(14-5-8-17(24)18(25)12-14)27(10-9-26(2)3)23(30)22(19)29/h5-8,11-12,20,28H,9-10H2,1-4H3/b21-19+. The van der Waals surface area contributed by atoms with Crippen molar-refractivity contribution in [1.82, 2.24) is 9.80 Å². The lowest BCUT2D eigenvalue weighted by molar-refractivity contribution is -0.140. The van der Waals surface area contributed by atoms with Crippen molar-refractivity contribution in [3.63, 3.8) is 0 Å². The fraction of sp³-hybridized carbons (Fsp3) is 0.304. The average molecular weight is 463 g/mol. The summed E-state index contributed by atoms with van der Waals surface area (Å²) in [6.45, 7) is 2.65. The highest BCUT2D eigenvalue weighted by Gasteiger charge is 2.46. The van der Waals surface area contributed by atoms with E-state index in [1.165, 1.54) is 4.90 Å². The average Bonchev–Trinajstić information content (AvgIpc) is 2.98. The number of rotatable bonds is 6. The molecule has 1 N–H and O–H groups in total. The highest BCUT2D eigenvalue weighted by molar-refractivity contribution is 6.47. The van der Waals surface area contributed by atoms with Crippen LogP contribution in [0.15, 0.2) is 42.0 Å². The Bertz CT molecular complexity index is 1070. The van der Waals surface area contributed by atoms with Crippen LogP contribution in [-0.2, 0) is 9.59 Å². The Morgan fingerprint density at radius 1 is 1.13 bits per heavy atom. The molecule has 164 valence electrons. The van der Waals surface area contributed by atoms with Gasteiger partial charge in [-0.05, 0) is 62.5 Å². The number of carbonyl (C=O) groups excluding carboxylic acids is 2. The van der Waals surface area contributed by atoms with E-state index in [2.05, 4.69) is 0 Å². The maximum Gasteiger partial charge on any atom is 0.295 e. The van der Waals surface area contributed by atoms with Gasteiger partial charge in [0.05, 0.1) is 28.8 Å². The summed E-state index contributed by atoms with van der Waals surface area (Å²) in [5.41, 5.74) is 1.79. The van der Waals surface area contributed by atoms with Gasteiger partial charge in [-0.25, -0.2) is 0 Å². The fourth-order valence-corrected chi connectivity index (χ4v) is 3.93. The lowest BCUT2D eigenvalue weighted by Crippen LogP contribution is -2.35. The van der Waals surface area contributed by atoms with Gasteiger partial charge in [-0.2, -0.15) is 0 Å². The fourth-order valence-electron chi connectivity index (χ4n) is 3.62. The second-order valence-electron chi connectivity index (χ2n) is 7.65. The number of nitrogens with zero attached hydrogens (tertiary/aromatic N) is 2. The lowest BCUT2D eigenvalue weighted by Gasteiger charge is -2.27. The van der Waals surface area contributed by atoms with Crippen molar-refractivity contribution in [3.8, 4) is 5.75 Å². The number of methoxy groups -OCH3 is 1. The SMILES string of the molecule is COc1ccc(/C(O)=C2\C(=O)C(=O)N(CCN(C)C)C2c2ccc(Cl)c(Cl)c2)c(C)c1. The highest BCUT2D eigenvalue weighted by atomic mass is 35.5. The molecule has 0 bridgehead atoms. The zero-order valence-electron chi connectivity index (χ0n) is 17.8. The van der Waals surface area contributed by atoms with E-state index >= 15 is 0 Å². The number of aliphatic hydroxyl groups is 1.